The Bertz CT molecular complexity index is 569. The molecule has 0 aliphatic carbocycles. The van der Waals surface area contributed by atoms with Crippen molar-refractivity contribution in [3.8, 4) is 0 Å². The van der Waals surface area contributed by atoms with Gasteiger partial charge in [-0.15, -0.1) is 0 Å². The Morgan fingerprint density at radius 2 is 1.55 bits per heavy atom. The Labute approximate surface area is 142 Å². The maximum Gasteiger partial charge on any atom is 0.00728 e. The van der Waals surface area contributed by atoms with Crippen LogP contribution in [0.3, 0.4) is 0 Å². The van der Waals surface area contributed by atoms with Crippen LogP contribution in [-0.4, -0.2) is 47.5 Å². The maximum atomic E-state index is 2.66. The Hall–Kier alpha value is -0.640. The molecule has 0 N–H and O–H groups in total. The smallest absolute Gasteiger partial charge is 0.00728 e. The average molecular weight is 332 g/mol. The number of nitrogens with zero attached hydrogens (tertiary/aromatic N) is 1. The monoisotopic (exact) mass is 331 g/mol. The van der Waals surface area contributed by atoms with E-state index in [1.54, 1.807) is 0 Å². The number of hydrogen-bond acceptors (Lipinski definition) is 3. The molecule has 1 fully saturated rings. The van der Waals surface area contributed by atoms with E-state index in [0.29, 0.717) is 0 Å². The lowest BCUT2D eigenvalue weighted by atomic mass is 10.0. The summed E-state index contributed by atoms with van der Waals surface area (Å²) >= 11 is 4.25. The van der Waals surface area contributed by atoms with Crippen LogP contribution in [0.2, 0.25) is 0 Å². The van der Waals surface area contributed by atoms with E-state index in [0.717, 1.165) is 6.42 Å². The lowest BCUT2D eigenvalue weighted by molar-refractivity contribution is 0.313. The summed E-state index contributed by atoms with van der Waals surface area (Å²) in [5.74, 6) is 5.26. The third-order valence-electron chi connectivity index (χ3n) is 4.26. The van der Waals surface area contributed by atoms with Crippen LogP contribution >= 0.6 is 23.5 Å². The first kappa shape index (κ1) is 16.2. The lowest BCUT2D eigenvalue weighted by Crippen LogP contribution is -2.31. The van der Waals surface area contributed by atoms with Gasteiger partial charge in [-0.2, -0.15) is 23.5 Å². The SMILES string of the molecule is c1ccc2c(CCN3CCSCCCSCC3)cccc2c1. The summed E-state index contributed by atoms with van der Waals surface area (Å²) in [7, 11) is 0. The molecule has 118 valence electrons. The molecule has 3 rings (SSSR count). The van der Waals surface area contributed by atoms with Gasteiger partial charge in [0.15, 0.2) is 0 Å². The molecule has 0 amide bonds. The van der Waals surface area contributed by atoms with Gasteiger partial charge in [0, 0.05) is 31.1 Å². The van der Waals surface area contributed by atoms with Crippen LogP contribution < -0.4 is 0 Å². The Morgan fingerprint density at radius 1 is 0.818 bits per heavy atom. The number of fused-ring (bicyclic) bond motifs is 1. The first-order chi connectivity index (χ1) is 10.9. The van der Waals surface area contributed by atoms with Gasteiger partial charge in [0.1, 0.15) is 0 Å². The van der Waals surface area contributed by atoms with Crippen LogP contribution in [0, 0.1) is 0 Å². The van der Waals surface area contributed by atoms with Gasteiger partial charge in [-0.1, -0.05) is 42.5 Å². The van der Waals surface area contributed by atoms with Gasteiger partial charge >= 0.3 is 0 Å². The van der Waals surface area contributed by atoms with Gasteiger partial charge in [0.05, 0.1) is 0 Å². The van der Waals surface area contributed by atoms with E-state index in [1.807, 2.05) is 0 Å². The molecule has 2 aromatic rings. The molecule has 1 aliphatic rings. The third-order valence-corrected chi connectivity index (χ3v) is 6.36. The van der Waals surface area contributed by atoms with E-state index in [-0.39, 0.29) is 0 Å². The largest absolute Gasteiger partial charge is 0.301 e. The van der Waals surface area contributed by atoms with Gasteiger partial charge in [-0.25, -0.2) is 0 Å². The van der Waals surface area contributed by atoms with Crippen molar-refractivity contribution in [2.24, 2.45) is 0 Å². The van der Waals surface area contributed by atoms with Crippen molar-refractivity contribution in [2.45, 2.75) is 12.8 Å². The first-order valence-electron chi connectivity index (χ1n) is 8.28. The second-order valence-corrected chi connectivity index (χ2v) is 8.26. The van der Waals surface area contributed by atoms with Crippen LogP contribution in [0.4, 0.5) is 0 Å². The fraction of sp³-hybridized carbons (Fsp3) is 0.474. The molecule has 1 nitrogen and oxygen atoms in total. The molecular weight excluding hydrogens is 306 g/mol. The second-order valence-electron chi connectivity index (χ2n) is 5.81. The van der Waals surface area contributed by atoms with E-state index in [9.17, 15) is 0 Å². The van der Waals surface area contributed by atoms with Crippen molar-refractivity contribution in [1.29, 1.82) is 0 Å². The topological polar surface area (TPSA) is 3.24 Å². The van der Waals surface area contributed by atoms with Crippen LogP contribution in [0.15, 0.2) is 42.5 Å². The lowest BCUT2D eigenvalue weighted by Gasteiger charge is -2.23. The van der Waals surface area contributed by atoms with Gasteiger partial charge in [-0.3, -0.25) is 0 Å². The zero-order valence-electron chi connectivity index (χ0n) is 13.2. The van der Waals surface area contributed by atoms with Gasteiger partial charge in [-0.05, 0) is 40.7 Å². The summed E-state index contributed by atoms with van der Waals surface area (Å²) < 4.78 is 0. The highest BCUT2D eigenvalue weighted by Gasteiger charge is 2.08. The summed E-state index contributed by atoms with van der Waals surface area (Å²) in [6.45, 7) is 3.68. The van der Waals surface area contributed by atoms with Gasteiger partial charge < -0.3 is 4.90 Å². The van der Waals surface area contributed by atoms with Crippen molar-refractivity contribution in [3.63, 3.8) is 0 Å². The number of hydrogen-bond donors (Lipinski definition) is 0. The van der Waals surface area contributed by atoms with Crippen molar-refractivity contribution in [2.75, 3.05) is 42.6 Å². The summed E-state index contributed by atoms with van der Waals surface area (Å²) in [6, 6.07) is 15.5. The fourth-order valence-corrected chi connectivity index (χ4v) is 5.04. The number of benzene rings is 2. The predicted molar refractivity (Wildman–Crippen MR) is 103 cm³/mol. The molecule has 0 unspecified atom stereocenters. The van der Waals surface area contributed by atoms with E-state index in [1.165, 1.54) is 65.4 Å². The quantitative estimate of drug-likeness (QED) is 0.812. The van der Waals surface area contributed by atoms with E-state index >= 15 is 0 Å². The molecule has 3 heteroatoms. The minimum atomic E-state index is 1.16. The molecule has 0 atom stereocenters. The second kappa shape index (κ2) is 8.85. The van der Waals surface area contributed by atoms with Crippen LogP contribution in [-0.2, 0) is 6.42 Å². The van der Waals surface area contributed by atoms with E-state index < -0.39 is 0 Å². The fourth-order valence-electron chi connectivity index (χ4n) is 2.98. The normalized spacial score (nSPS) is 18.4. The van der Waals surface area contributed by atoms with Crippen molar-refractivity contribution < 1.29 is 0 Å². The third kappa shape index (κ3) is 4.68. The Kier molecular flexibility index (Phi) is 6.53. The van der Waals surface area contributed by atoms with Crippen LogP contribution in [0.25, 0.3) is 10.8 Å². The molecule has 0 aromatic heterocycles. The molecule has 2 aromatic carbocycles. The van der Waals surface area contributed by atoms with Crippen molar-refractivity contribution >= 4 is 34.3 Å². The summed E-state index contributed by atoms with van der Waals surface area (Å²) in [6.07, 6.45) is 2.54. The van der Waals surface area contributed by atoms with Crippen molar-refractivity contribution in [3.05, 3.63) is 48.0 Å². The molecule has 0 radical (unpaired) electrons. The zero-order valence-corrected chi connectivity index (χ0v) is 14.8. The molecular formula is C19H25NS2. The first-order valence-corrected chi connectivity index (χ1v) is 10.6. The highest BCUT2D eigenvalue weighted by atomic mass is 32.2. The standard InChI is InChI=1S/C19H25NS2/c1-2-8-19-17(5-1)6-3-7-18(19)9-10-20-11-15-21-13-4-14-22-16-12-20/h1-3,5-8H,4,9-16H2. The van der Waals surface area contributed by atoms with Crippen LogP contribution in [0.5, 0.6) is 0 Å². The molecule has 1 aliphatic heterocycles. The highest BCUT2D eigenvalue weighted by molar-refractivity contribution is 8.00. The predicted octanol–water partition coefficient (Wildman–Crippen LogP) is 4.55. The molecule has 0 bridgehead atoms. The molecule has 0 saturated carbocycles. The maximum absolute atomic E-state index is 2.66. The van der Waals surface area contributed by atoms with Crippen molar-refractivity contribution in [1.82, 2.24) is 4.90 Å². The van der Waals surface area contributed by atoms with Gasteiger partial charge in [0.2, 0.25) is 0 Å². The summed E-state index contributed by atoms with van der Waals surface area (Å²) in [5.41, 5.74) is 1.50. The minimum Gasteiger partial charge on any atom is -0.301 e. The highest BCUT2D eigenvalue weighted by Crippen LogP contribution is 2.19. The Balaban J connectivity index is 1.61. The Morgan fingerprint density at radius 3 is 2.36 bits per heavy atom. The van der Waals surface area contributed by atoms with E-state index in [4.69, 9.17) is 0 Å². The zero-order chi connectivity index (χ0) is 15.0. The molecule has 1 saturated heterocycles. The molecule has 1 heterocycles. The summed E-state index contributed by atoms with van der Waals surface area (Å²) in [5, 5.41) is 2.79. The number of thioether (sulfide) groups is 2. The molecule has 22 heavy (non-hydrogen) atoms. The summed E-state index contributed by atoms with van der Waals surface area (Å²) in [4.78, 5) is 2.66. The van der Waals surface area contributed by atoms with Gasteiger partial charge in [0.25, 0.3) is 0 Å². The number of rotatable bonds is 3. The molecule has 0 spiro atoms. The minimum absolute atomic E-state index is 1.16. The average Bonchev–Trinajstić information content (AvgIpc) is 2.58. The van der Waals surface area contributed by atoms with E-state index in [2.05, 4.69) is 70.9 Å². The van der Waals surface area contributed by atoms with Crippen LogP contribution in [0.1, 0.15) is 12.0 Å².